The van der Waals surface area contributed by atoms with Gasteiger partial charge in [-0.3, -0.25) is 0 Å². The maximum absolute atomic E-state index is 6.92. The molecule has 0 aliphatic carbocycles. The Morgan fingerprint density at radius 1 is 0.222 bits per heavy atom. The zero-order valence-electron chi connectivity index (χ0n) is 49.2. The van der Waals surface area contributed by atoms with E-state index in [0.29, 0.717) is 143 Å². The lowest BCUT2D eigenvalue weighted by molar-refractivity contribution is 0.166. The Morgan fingerprint density at radius 2 is 0.361 bits per heavy atom. The van der Waals surface area contributed by atoms with Crippen molar-refractivity contribution in [2.45, 2.75) is 166 Å². The van der Waals surface area contributed by atoms with Gasteiger partial charge in [-0.2, -0.15) is 0 Å². The smallest absolute Gasteiger partial charge is 0.186 e. The maximum atomic E-state index is 6.92. The van der Waals surface area contributed by atoms with Crippen LogP contribution in [-0.2, 0) is 0 Å². The van der Waals surface area contributed by atoms with E-state index in [-0.39, 0.29) is 43.3 Å². The van der Waals surface area contributed by atoms with Crippen molar-refractivity contribution >= 4 is 24.3 Å². The van der Waals surface area contributed by atoms with Gasteiger partial charge in [0.15, 0.2) is 46.0 Å². The average molecular weight is 1000 g/mol. The van der Waals surface area contributed by atoms with Crippen molar-refractivity contribution < 1.29 is 37.9 Å². The van der Waals surface area contributed by atoms with Crippen molar-refractivity contribution in [3.63, 3.8) is 0 Å². The summed E-state index contributed by atoms with van der Waals surface area (Å²) in [7, 11) is 0. The summed E-state index contributed by atoms with van der Waals surface area (Å²) >= 11 is 0. The van der Waals surface area contributed by atoms with E-state index in [4.69, 9.17) is 37.9 Å². The Morgan fingerprint density at radius 3 is 0.500 bits per heavy atom. The van der Waals surface area contributed by atoms with Crippen LogP contribution < -0.4 is 59.3 Å². The molecule has 5 heterocycles. The molecule has 0 fully saturated rings. The van der Waals surface area contributed by atoms with E-state index in [1.807, 2.05) is 24.3 Å². The van der Waals surface area contributed by atoms with Crippen LogP contribution >= 0.6 is 0 Å². The van der Waals surface area contributed by atoms with E-state index in [2.05, 4.69) is 186 Å². The van der Waals surface area contributed by atoms with Gasteiger partial charge in [-0.25, -0.2) is 0 Å². The molecule has 1 aliphatic heterocycles. The third-order valence-corrected chi connectivity index (χ3v) is 10.2. The van der Waals surface area contributed by atoms with E-state index in [9.17, 15) is 0 Å². The van der Waals surface area contributed by atoms with E-state index in [0.717, 1.165) is 0 Å². The number of ether oxygens (including phenoxy) is 8. The topological polar surface area (TPSA) is 137 Å². The molecule has 0 saturated carbocycles. The van der Waals surface area contributed by atoms with Crippen LogP contribution in [0.25, 0.3) is 24.3 Å². The molecule has 0 amide bonds. The first kappa shape index (κ1) is 57.9. The van der Waals surface area contributed by atoms with Gasteiger partial charge < -0.3 is 57.8 Å². The number of hydrogen-bond donors (Lipinski definition) is 4. The first-order valence-electron chi connectivity index (χ1n) is 26.1. The molecule has 0 saturated heterocycles. The highest BCUT2D eigenvalue weighted by Crippen LogP contribution is 2.42. The summed E-state index contributed by atoms with van der Waals surface area (Å²) in [6.07, 6.45) is 8.18. The van der Waals surface area contributed by atoms with Gasteiger partial charge in [-0.15, -0.1) is 0 Å². The molecule has 1 aliphatic rings. The molecule has 0 atom stereocenters. The number of fused-ring (bicyclic) bond motifs is 8. The van der Waals surface area contributed by atoms with Crippen molar-refractivity contribution in [2.75, 3.05) is 52.9 Å². The van der Waals surface area contributed by atoms with Gasteiger partial charge in [0.1, 0.15) is 0 Å². The van der Waals surface area contributed by atoms with Crippen LogP contribution in [0.5, 0.6) is 46.0 Å². The summed E-state index contributed by atoms with van der Waals surface area (Å²) < 4.78 is 55.3. The second-order valence-corrected chi connectivity index (χ2v) is 29.8. The highest BCUT2D eigenvalue weighted by molar-refractivity contribution is 5.73. The molecule has 72 heavy (non-hydrogen) atoms. The van der Waals surface area contributed by atoms with Crippen LogP contribution in [0.1, 0.15) is 189 Å². The fourth-order valence-electron chi connectivity index (χ4n) is 6.86. The number of aromatic nitrogens is 4. The lowest BCUT2D eigenvalue weighted by Gasteiger charge is -2.22. The summed E-state index contributed by atoms with van der Waals surface area (Å²) in [4.78, 5) is 15.1. The van der Waals surface area contributed by atoms with Gasteiger partial charge in [0, 0.05) is 0 Å². The monoisotopic (exact) mass is 1000 g/mol. The molecule has 4 N–H and O–H groups in total. The van der Waals surface area contributed by atoms with E-state index >= 15 is 0 Å². The summed E-state index contributed by atoms with van der Waals surface area (Å²) in [6.45, 7) is 55.3. The highest BCUT2D eigenvalue weighted by Gasteiger charge is 2.30. The quantitative estimate of drug-likeness (QED) is 0.0767. The molecule has 5 rings (SSSR count). The Bertz CT molecular complexity index is 2360. The minimum Gasteiger partial charge on any atom is -0.487 e. The standard InChI is InChI=1S/C60H96N4O8/c1-53(2,3)29-65-45-37-25-39-47(67-31-55(7,8)9)49(69-33-57(13,14)15)41(62-39)27-43-51(71-35-59(19,20)21)52(72-36-60(22,23)24)44(64-43)28-42-50(70-34-58(16,17)18)48(68-32-56(10,11)12)40(63-42)26-38(61-37)46(45)66-30-54(4,5)6/h25-28,61-64H,29-36H2,1-24H3. The molecule has 0 aromatic carbocycles. The SMILES string of the molecule is CC(C)(C)COc1c2[nH]c(c1OCC(C)(C)C)C=c1[nH]c(c(OCC(C)(C)C)c1OCC(C)(C)C)=Cc1[nH]c(c(OCC(C)(C)C)c1OCC(C)(C)C)C=c1[nH]c(c(OCC(C)(C)C)c1OCC(C)(C)C)=C2. The third-order valence-electron chi connectivity index (χ3n) is 10.2. The van der Waals surface area contributed by atoms with Gasteiger partial charge in [0.05, 0.1) is 97.0 Å². The van der Waals surface area contributed by atoms with Gasteiger partial charge in [-0.1, -0.05) is 166 Å². The average Bonchev–Trinajstić information content (AvgIpc) is 3.88. The van der Waals surface area contributed by atoms with E-state index in [1.165, 1.54) is 0 Å². The lowest BCUT2D eigenvalue weighted by atomic mass is 9.98. The van der Waals surface area contributed by atoms with Crippen molar-refractivity contribution in [3.8, 4) is 46.0 Å². The molecular weight excluding hydrogens is 905 g/mol. The van der Waals surface area contributed by atoms with Crippen LogP contribution in [0.3, 0.4) is 0 Å². The van der Waals surface area contributed by atoms with Crippen molar-refractivity contribution in [1.29, 1.82) is 0 Å². The predicted molar refractivity (Wildman–Crippen MR) is 296 cm³/mol. The summed E-state index contributed by atoms with van der Waals surface area (Å²) in [5.41, 5.74) is 1.36. The molecule has 4 aromatic rings. The van der Waals surface area contributed by atoms with E-state index < -0.39 is 0 Å². The van der Waals surface area contributed by atoms with Gasteiger partial charge in [0.2, 0.25) is 0 Å². The first-order valence-corrected chi connectivity index (χ1v) is 26.1. The fourth-order valence-corrected chi connectivity index (χ4v) is 6.86. The minimum absolute atomic E-state index is 0.174. The molecule has 0 radical (unpaired) electrons. The molecule has 12 heteroatoms. The van der Waals surface area contributed by atoms with Crippen LogP contribution in [0.4, 0.5) is 0 Å². The number of rotatable bonds is 16. The number of nitrogens with one attached hydrogen (secondary N) is 4. The van der Waals surface area contributed by atoms with Gasteiger partial charge in [0.25, 0.3) is 0 Å². The van der Waals surface area contributed by atoms with Crippen LogP contribution in [-0.4, -0.2) is 72.8 Å². The largest absolute Gasteiger partial charge is 0.487 e. The van der Waals surface area contributed by atoms with E-state index in [1.54, 1.807) is 0 Å². The van der Waals surface area contributed by atoms with Crippen molar-refractivity contribution in [2.24, 2.45) is 43.3 Å². The van der Waals surface area contributed by atoms with Crippen LogP contribution in [0.15, 0.2) is 0 Å². The number of H-pyrrole nitrogens is 4. The van der Waals surface area contributed by atoms with Crippen molar-refractivity contribution in [1.82, 2.24) is 19.9 Å². The molecule has 4 aromatic heterocycles. The first-order chi connectivity index (χ1) is 32.6. The van der Waals surface area contributed by atoms with Crippen LogP contribution in [0.2, 0.25) is 0 Å². The third kappa shape index (κ3) is 17.6. The van der Waals surface area contributed by atoms with Crippen molar-refractivity contribution in [3.05, 3.63) is 44.2 Å². The van der Waals surface area contributed by atoms with Crippen LogP contribution in [0, 0.1) is 43.3 Å². The Labute approximate surface area is 433 Å². The second-order valence-electron chi connectivity index (χ2n) is 29.8. The summed E-state index contributed by atoms with van der Waals surface area (Å²) in [6, 6.07) is 0. The highest BCUT2D eigenvalue weighted by atomic mass is 16.5. The summed E-state index contributed by atoms with van der Waals surface area (Å²) in [5.74, 6) is 4.63. The lowest BCUT2D eigenvalue weighted by Crippen LogP contribution is -2.21. The zero-order valence-corrected chi connectivity index (χ0v) is 49.2. The molecule has 0 unspecified atom stereocenters. The minimum atomic E-state index is -0.174. The number of hydrogen-bond acceptors (Lipinski definition) is 8. The molecular formula is C60H96N4O8. The molecule has 12 nitrogen and oxygen atoms in total. The number of aromatic amines is 4. The normalized spacial score (nSPS) is 13.9. The Kier molecular flexibility index (Phi) is 17.0. The Hall–Kier alpha value is -5.00. The molecule has 404 valence electrons. The second kappa shape index (κ2) is 21.1. The van der Waals surface area contributed by atoms with Gasteiger partial charge >= 0.3 is 0 Å². The molecule has 0 spiro atoms. The summed E-state index contributed by atoms with van der Waals surface area (Å²) in [5, 5.41) is 2.75. The zero-order chi connectivity index (χ0) is 54.2. The maximum Gasteiger partial charge on any atom is 0.186 e. The predicted octanol–water partition coefficient (Wildman–Crippen LogP) is 12.0. The Balaban J connectivity index is 2.11. The van der Waals surface area contributed by atoms with Gasteiger partial charge in [-0.05, 0) is 67.6 Å². The molecule has 8 bridgehead atoms. The fraction of sp³-hybridized carbons (Fsp3) is 0.667.